The highest BCUT2D eigenvalue weighted by atomic mass is 19.1. The number of amides is 1. The van der Waals surface area contributed by atoms with Crippen molar-refractivity contribution >= 4 is 16.7 Å². The molecule has 1 fully saturated rings. The highest BCUT2D eigenvalue weighted by molar-refractivity contribution is 5.95. The molecule has 0 aliphatic carbocycles. The highest BCUT2D eigenvalue weighted by Crippen LogP contribution is 2.20. The van der Waals surface area contributed by atoms with Crippen molar-refractivity contribution in [1.82, 2.24) is 24.9 Å². The van der Waals surface area contributed by atoms with Gasteiger partial charge >= 0.3 is 0 Å². The molecule has 176 valence electrons. The number of nitrogens with one attached hydrogen (secondary N) is 1. The molecule has 2 aromatic carbocycles. The van der Waals surface area contributed by atoms with Gasteiger partial charge in [-0.05, 0) is 36.4 Å². The van der Waals surface area contributed by atoms with Crippen LogP contribution in [0, 0.1) is 5.82 Å². The van der Waals surface area contributed by atoms with Gasteiger partial charge < -0.3 is 9.80 Å². The van der Waals surface area contributed by atoms with Gasteiger partial charge in [-0.2, -0.15) is 5.10 Å². The van der Waals surface area contributed by atoms with E-state index in [1.807, 2.05) is 12.1 Å². The van der Waals surface area contributed by atoms with Gasteiger partial charge in [0.15, 0.2) is 0 Å². The fourth-order valence-electron chi connectivity index (χ4n) is 4.69. The normalized spacial score (nSPS) is 16.5. The molecule has 0 saturated carbocycles. The Labute approximate surface area is 197 Å². The molecule has 0 spiro atoms. The van der Waals surface area contributed by atoms with Crippen molar-refractivity contribution in [2.75, 3.05) is 45.8 Å². The third kappa shape index (κ3) is 4.72. The molecule has 0 radical (unpaired) electrons. The number of hydrogen-bond donors (Lipinski definition) is 1. The summed E-state index contributed by atoms with van der Waals surface area (Å²) in [5, 5.41) is 8.05. The van der Waals surface area contributed by atoms with E-state index in [0.717, 1.165) is 50.1 Å². The van der Waals surface area contributed by atoms with Gasteiger partial charge in [-0.1, -0.05) is 30.3 Å². The molecule has 5 rings (SSSR count). The number of halogens is 1. The number of H-pyrrole nitrogens is 1. The predicted octanol–water partition coefficient (Wildman–Crippen LogP) is 2.63. The van der Waals surface area contributed by atoms with E-state index in [2.05, 4.69) is 32.3 Å². The first-order valence-electron chi connectivity index (χ1n) is 11.8. The predicted molar refractivity (Wildman–Crippen MR) is 129 cm³/mol. The van der Waals surface area contributed by atoms with Crippen molar-refractivity contribution in [2.24, 2.45) is 0 Å². The quantitative estimate of drug-likeness (QED) is 0.611. The molecule has 1 saturated heterocycles. The molecule has 0 unspecified atom stereocenters. The van der Waals surface area contributed by atoms with Crippen LogP contribution in [0.25, 0.3) is 10.8 Å². The maximum Gasteiger partial charge on any atom is 0.272 e. The maximum absolute atomic E-state index is 14.7. The van der Waals surface area contributed by atoms with Crippen molar-refractivity contribution in [2.45, 2.75) is 12.8 Å². The summed E-state index contributed by atoms with van der Waals surface area (Å²) >= 11 is 0. The van der Waals surface area contributed by atoms with Crippen LogP contribution in [0.1, 0.15) is 28.0 Å². The van der Waals surface area contributed by atoms with Gasteiger partial charge in [0.1, 0.15) is 5.82 Å². The van der Waals surface area contributed by atoms with Crippen molar-refractivity contribution in [3.8, 4) is 0 Å². The van der Waals surface area contributed by atoms with Crippen molar-refractivity contribution in [3.05, 3.63) is 87.7 Å². The number of carbonyl (C=O) groups excluding carboxylic acids is 1. The van der Waals surface area contributed by atoms with E-state index >= 15 is 0 Å². The summed E-state index contributed by atoms with van der Waals surface area (Å²) in [5.74, 6) is -0.794. The molecule has 7 nitrogen and oxygen atoms in total. The third-order valence-corrected chi connectivity index (χ3v) is 6.67. The number of fused-ring (bicyclic) bond motifs is 1. The van der Waals surface area contributed by atoms with Crippen LogP contribution in [-0.4, -0.2) is 76.6 Å². The van der Waals surface area contributed by atoms with Crippen LogP contribution in [0.15, 0.2) is 59.5 Å². The van der Waals surface area contributed by atoms with Gasteiger partial charge in [0.25, 0.3) is 11.5 Å². The molecule has 2 aliphatic heterocycles. The number of hydrogen-bond acceptors (Lipinski definition) is 5. The summed E-state index contributed by atoms with van der Waals surface area (Å²) in [6.45, 7) is 5.80. The Bertz CT molecular complexity index is 1280. The summed E-state index contributed by atoms with van der Waals surface area (Å²) in [5.41, 5.74) is 1.29. The molecular weight excluding hydrogens is 433 g/mol. The van der Waals surface area contributed by atoms with Crippen molar-refractivity contribution in [1.29, 1.82) is 0 Å². The van der Waals surface area contributed by atoms with E-state index < -0.39 is 5.82 Å². The first-order valence-corrected chi connectivity index (χ1v) is 11.8. The second-order valence-electron chi connectivity index (χ2n) is 8.88. The lowest BCUT2D eigenvalue weighted by molar-refractivity contribution is 0.0625. The number of nitrogens with zero attached hydrogens (tertiary/aromatic N) is 4. The SMILES string of the molecule is O=C(c1cc(Cc2n[nH]c(=O)c3ccccc23)ccc1F)N1CCN(CCN2C=CCC2)CC1. The van der Waals surface area contributed by atoms with E-state index in [-0.39, 0.29) is 17.0 Å². The average molecular weight is 462 g/mol. The average Bonchev–Trinajstić information content (AvgIpc) is 3.39. The van der Waals surface area contributed by atoms with E-state index in [1.165, 1.54) is 6.07 Å². The number of aromatic amines is 1. The Morgan fingerprint density at radius 2 is 1.79 bits per heavy atom. The lowest BCUT2D eigenvalue weighted by Gasteiger charge is -2.35. The van der Waals surface area contributed by atoms with Gasteiger partial charge in [-0.25, -0.2) is 9.49 Å². The number of aromatic nitrogens is 2. The topological polar surface area (TPSA) is 72.5 Å². The molecule has 1 amide bonds. The van der Waals surface area contributed by atoms with E-state index in [4.69, 9.17) is 0 Å². The zero-order valence-corrected chi connectivity index (χ0v) is 19.0. The van der Waals surface area contributed by atoms with Gasteiger partial charge in [0.2, 0.25) is 0 Å². The fraction of sp³-hybridized carbons (Fsp3) is 0.346. The molecule has 0 bridgehead atoms. The standard InChI is InChI=1S/C26H28FN5O2/c27-23-8-7-19(18-24-20-5-1-2-6-21(20)25(33)29-28-24)17-22(23)26(34)32-15-13-31(14-16-32)12-11-30-9-3-4-10-30/h1-3,5-9,17H,4,10-16,18H2,(H,29,33). The maximum atomic E-state index is 14.7. The lowest BCUT2D eigenvalue weighted by Crippen LogP contribution is -2.50. The molecule has 34 heavy (non-hydrogen) atoms. The van der Waals surface area contributed by atoms with Gasteiger partial charge in [0, 0.05) is 57.6 Å². The van der Waals surface area contributed by atoms with Gasteiger partial charge in [-0.3, -0.25) is 14.5 Å². The van der Waals surface area contributed by atoms with Gasteiger partial charge in [-0.15, -0.1) is 0 Å². The van der Waals surface area contributed by atoms with Gasteiger partial charge in [0.05, 0.1) is 16.6 Å². The lowest BCUT2D eigenvalue weighted by atomic mass is 10.0. The molecule has 3 heterocycles. The summed E-state index contributed by atoms with van der Waals surface area (Å²) in [4.78, 5) is 31.6. The van der Waals surface area contributed by atoms with Crippen LogP contribution in [0.5, 0.6) is 0 Å². The largest absolute Gasteiger partial charge is 0.376 e. The molecule has 0 atom stereocenters. The number of rotatable bonds is 6. The monoisotopic (exact) mass is 461 g/mol. The smallest absolute Gasteiger partial charge is 0.272 e. The Hall–Kier alpha value is -3.52. The Kier molecular flexibility index (Phi) is 6.40. The number of benzene rings is 2. The number of piperazine rings is 1. The summed E-state index contributed by atoms with van der Waals surface area (Å²) < 4.78 is 14.7. The first kappa shape index (κ1) is 22.3. The second-order valence-corrected chi connectivity index (χ2v) is 8.88. The van der Waals surface area contributed by atoms with Crippen LogP contribution in [0.4, 0.5) is 4.39 Å². The zero-order valence-electron chi connectivity index (χ0n) is 19.0. The molecule has 1 N–H and O–H groups in total. The highest BCUT2D eigenvalue weighted by Gasteiger charge is 2.24. The second kappa shape index (κ2) is 9.77. The molecule has 2 aliphatic rings. The summed E-state index contributed by atoms with van der Waals surface area (Å²) in [6, 6.07) is 11.9. The third-order valence-electron chi connectivity index (χ3n) is 6.67. The molecule has 3 aromatic rings. The molecular formula is C26H28FN5O2. The summed E-state index contributed by atoms with van der Waals surface area (Å²) in [7, 11) is 0. The van der Waals surface area contributed by atoms with Crippen LogP contribution in [0.2, 0.25) is 0 Å². The number of carbonyl (C=O) groups is 1. The minimum atomic E-state index is -0.517. The Balaban J connectivity index is 1.26. The van der Waals surface area contributed by atoms with Crippen LogP contribution in [-0.2, 0) is 6.42 Å². The Morgan fingerprint density at radius 1 is 1.00 bits per heavy atom. The van der Waals surface area contributed by atoms with E-state index in [9.17, 15) is 14.0 Å². The first-order chi connectivity index (χ1) is 16.6. The Morgan fingerprint density at radius 3 is 2.56 bits per heavy atom. The van der Waals surface area contributed by atoms with Crippen molar-refractivity contribution in [3.63, 3.8) is 0 Å². The van der Waals surface area contributed by atoms with Crippen LogP contribution in [0.3, 0.4) is 0 Å². The fourth-order valence-corrected chi connectivity index (χ4v) is 4.69. The molecule has 1 aromatic heterocycles. The minimum absolute atomic E-state index is 0.0851. The van der Waals surface area contributed by atoms with Crippen LogP contribution < -0.4 is 5.56 Å². The van der Waals surface area contributed by atoms with E-state index in [0.29, 0.717) is 30.6 Å². The zero-order chi connectivity index (χ0) is 23.5. The van der Waals surface area contributed by atoms with E-state index in [1.54, 1.807) is 29.2 Å². The van der Waals surface area contributed by atoms with Crippen molar-refractivity contribution < 1.29 is 9.18 Å². The van der Waals surface area contributed by atoms with Crippen LogP contribution >= 0.6 is 0 Å². The molecule has 8 heteroatoms. The minimum Gasteiger partial charge on any atom is -0.376 e. The summed E-state index contributed by atoms with van der Waals surface area (Å²) in [6.07, 6.45) is 5.84.